The maximum absolute atomic E-state index is 13.4. The zero-order chi connectivity index (χ0) is 21.3. The molecule has 3 heterocycles. The van der Waals surface area contributed by atoms with E-state index in [0.717, 1.165) is 18.4 Å². The van der Waals surface area contributed by atoms with E-state index >= 15 is 0 Å². The summed E-state index contributed by atoms with van der Waals surface area (Å²) in [5, 5.41) is 11.1. The van der Waals surface area contributed by atoms with Crippen molar-refractivity contribution in [1.29, 1.82) is 5.26 Å². The van der Waals surface area contributed by atoms with Gasteiger partial charge in [-0.2, -0.15) is 5.26 Å². The van der Waals surface area contributed by atoms with Crippen molar-refractivity contribution in [2.75, 3.05) is 25.1 Å². The number of rotatable bonds is 4. The maximum atomic E-state index is 13.4. The van der Waals surface area contributed by atoms with Gasteiger partial charge in [0.05, 0.1) is 30.9 Å². The molecule has 0 radical (unpaired) electrons. The summed E-state index contributed by atoms with van der Waals surface area (Å²) in [7, 11) is 1.30. The molecule has 1 aromatic carbocycles. The smallest absolute Gasteiger partial charge is 0.340 e. The predicted molar refractivity (Wildman–Crippen MR) is 115 cm³/mol. The Bertz CT molecular complexity index is 1210. The van der Waals surface area contributed by atoms with E-state index in [-0.39, 0.29) is 23.7 Å². The minimum absolute atomic E-state index is 0.0197. The van der Waals surface area contributed by atoms with Crippen LogP contribution in [0.1, 0.15) is 34.3 Å². The van der Waals surface area contributed by atoms with E-state index in [4.69, 9.17) is 15.5 Å². The number of nitrogens with two attached hydrogens (primary N) is 1. The zero-order valence-corrected chi connectivity index (χ0v) is 17.3. The van der Waals surface area contributed by atoms with Crippen molar-refractivity contribution < 1.29 is 9.53 Å². The predicted octanol–water partition coefficient (Wildman–Crippen LogP) is 2.09. The molecule has 1 aliphatic heterocycles. The Hall–Kier alpha value is -3.22. The number of carbonyl (C=O) groups is 1. The molecule has 0 spiro atoms. The zero-order valence-electron chi connectivity index (χ0n) is 16.5. The number of anilines is 1. The van der Waals surface area contributed by atoms with Gasteiger partial charge in [-0.25, -0.2) is 9.78 Å². The Labute approximate surface area is 177 Å². The molecule has 1 atom stereocenters. The average molecular weight is 423 g/mol. The molecule has 0 aliphatic carbocycles. The van der Waals surface area contributed by atoms with Crippen LogP contribution in [0.3, 0.4) is 0 Å². The van der Waals surface area contributed by atoms with Gasteiger partial charge in [-0.15, -0.1) is 11.3 Å². The number of nitrogens with zero attached hydrogens (tertiary/aromatic N) is 4. The fourth-order valence-electron chi connectivity index (χ4n) is 3.76. The number of hydrogen-bond acceptors (Lipinski definition) is 8. The van der Waals surface area contributed by atoms with E-state index in [1.54, 1.807) is 22.1 Å². The first-order valence-electron chi connectivity index (χ1n) is 9.62. The van der Waals surface area contributed by atoms with E-state index in [0.29, 0.717) is 34.8 Å². The standard InChI is InChI=1S/C21H21N5O3S/c1-29-20(28)16-12-30-18-17(16)24-21(25-8-4-7-15(23)11-25)26(19(18)27)10-14-6-3-2-5-13(14)9-22/h2-3,5-6,12,15H,4,7-8,10-11,23H2,1H3/t15-/m1/s1. The normalized spacial score (nSPS) is 16.4. The van der Waals surface area contributed by atoms with Gasteiger partial charge in [0.1, 0.15) is 10.2 Å². The van der Waals surface area contributed by atoms with Gasteiger partial charge in [0, 0.05) is 24.5 Å². The van der Waals surface area contributed by atoms with Crippen molar-refractivity contribution in [2.45, 2.75) is 25.4 Å². The maximum Gasteiger partial charge on any atom is 0.340 e. The minimum Gasteiger partial charge on any atom is -0.465 e. The van der Waals surface area contributed by atoms with Crippen LogP contribution in [0.4, 0.5) is 5.95 Å². The van der Waals surface area contributed by atoms with Gasteiger partial charge in [-0.3, -0.25) is 9.36 Å². The van der Waals surface area contributed by atoms with Gasteiger partial charge < -0.3 is 15.4 Å². The molecule has 0 saturated carbocycles. The summed E-state index contributed by atoms with van der Waals surface area (Å²) in [6, 6.07) is 9.34. The van der Waals surface area contributed by atoms with Crippen molar-refractivity contribution in [2.24, 2.45) is 5.73 Å². The molecule has 1 aliphatic rings. The third-order valence-electron chi connectivity index (χ3n) is 5.27. The summed E-state index contributed by atoms with van der Waals surface area (Å²) in [4.78, 5) is 32.3. The van der Waals surface area contributed by atoms with Gasteiger partial charge in [-0.05, 0) is 24.5 Å². The van der Waals surface area contributed by atoms with Crippen LogP contribution in [-0.4, -0.2) is 41.8 Å². The van der Waals surface area contributed by atoms with E-state index in [1.807, 2.05) is 17.0 Å². The lowest BCUT2D eigenvalue weighted by Crippen LogP contribution is -2.45. The van der Waals surface area contributed by atoms with Crippen molar-refractivity contribution in [3.8, 4) is 6.07 Å². The highest BCUT2D eigenvalue weighted by Gasteiger charge is 2.25. The van der Waals surface area contributed by atoms with E-state index < -0.39 is 5.97 Å². The summed E-state index contributed by atoms with van der Waals surface area (Å²) < 4.78 is 6.81. The lowest BCUT2D eigenvalue weighted by Gasteiger charge is -2.33. The highest BCUT2D eigenvalue weighted by molar-refractivity contribution is 7.17. The Morgan fingerprint density at radius 3 is 2.97 bits per heavy atom. The molecule has 1 fully saturated rings. The van der Waals surface area contributed by atoms with Crippen LogP contribution < -0.4 is 16.2 Å². The van der Waals surface area contributed by atoms with Crippen molar-refractivity contribution in [3.05, 3.63) is 56.7 Å². The summed E-state index contributed by atoms with van der Waals surface area (Å²) in [5.74, 6) is -0.0685. The van der Waals surface area contributed by atoms with Crippen LogP contribution in [0.15, 0.2) is 34.4 Å². The number of methoxy groups -OCH3 is 1. The summed E-state index contributed by atoms with van der Waals surface area (Å²) in [5.41, 5.74) is 7.78. The second kappa shape index (κ2) is 8.26. The summed E-state index contributed by atoms with van der Waals surface area (Å²) in [6.07, 6.45) is 1.80. The van der Waals surface area contributed by atoms with Gasteiger partial charge >= 0.3 is 5.97 Å². The number of nitriles is 1. The Morgan fingerprint density at radius 2 is 2.23 bits per heavy atom. The molecule has 30 heavy (non-hydrogen) atoms. The number of hydrogen-bond donors (Lipinski definition) is 1. The molecule has 2 N–H and O–H groups in total. The van der Waals surface area contributed by atoms with E-state index in [1.165, 1.54) is 18.4 Å². The first-order valence-corrected chi connectivity index (χ1v) is 10.5. The molecule has 9 heteroatoms. The lowest BCUT2D eigenvalue weighted by atomic mass is 10.1. The van der Waals surface area contributed by atoms with Gasteiger partial charge in [0.2, 0.25) is 5.95 Å². The summed E-state index contributed by atoms with van der Waals surface area (Å²) >= 11 is 1.17. The van der Waals surface area contributed by atoms with Gasteiger partial charge in [0.15, 0.2) is 0 Å². The summed E-state index contributed by atoms with van der Waals surface area (Å²) in [6.45, 7) is 1.48. The van der Waals surface area contributed by atoms with Crippen molar-refractivity contribution in [1.82, 2.24) is 9.55 Å². The number of aromatic nitrogens is 2. The van der Waals surface area contributed by atoms with Crippen LogP contribution in [0.2, 0.25) is 0 Å². The third-order valence-corrected chi connectivity index (χ3v) is 6.23. The minimum atomic E-state index is -0.526. The number of benzene rings is 1. The fraction of sp³-hybridized carbons (Fsp3) is 0.333. The number of fused-ring (bicyclic) bond motifs is 1. The highest BCUT2D eigenvalue weighted by atomic mass is 32.1. The molecule has 0 unspecified atom stereocenters. The Morgan fingerprint density at radius 1 is 1.43 bits per heavy atom. The molecule has 1 saturated heterocycles. The SMILES string of the molecule is COC(=O)c1csc2c(=O)n(Cc3ccccc3C#N)c(N3CCC[C@@H](N)C3)nc12. The molecule has 0 bridgehead atoms. The average Bonchev–Trinajstić information content (AvgIpc) is 3.19. The molecule has 8 nitrogen and oxygen atoms in total. The number of esters is 1. The fourth-order valence-corrected chi connectivity index (χ4v) is 4.68. The second-order valence-electron chi connectivity index (χ2n) is 7.24. The molecular formula is C21H21N5O3S. The van der Waals surface area contributed by atoms with Crippen LogP contribution in [0, 0.1) is 11.3 Å². The number of ether oxygens (including phenoxy) is 1. The first kappa shape index (κ1) is 20.1. The second-order valence-corrected chi connectivity index (χ2v) is 8.12. The number of thiophene rings is 1. The van der Waals surface area contributed by atoms with Crippen LogP contribution in [0.25, 0.3) is 10.2 Å². The van der Waals surface area contributed by atoms with Gasteiger partial charge in [-0.1, -0.05) is 18.2 Å². The topological polar surface area (TPSA) is 114 Å². The Balaban J connectivity index is 1.92. The molecule has 154 valence electrons. The third kappa shape index (κ3) is 3.56. The molecule has 4 rings (SSSR count). The number of piperidine rings is 1. The van der Waals surface area contributed by atoms with E-state index in [2.05, 4.69) is 6.07 Å². The molecule has 2 aromatic heterocycles. The first-order chi connectivity index (χ1) is 14.5. The van der Waals surface area contributed by atoms with Crippen molar-refractivity contribution in [3.63, 3.8) is 0 Å². The Kier molecular flexibility index (Phi) is 5.53. The van der Waals surface area contributed by atoms with Crippen LogP contribution in [0.5, 0.6) is 0 Å². The largest absolute Gasteiger partial charge is 0.465 e. The van der Waals surface area contributed by atoms with E-state index in [9.17, 15) is 14.9 Å². The molecule has 3 aromatic rings. The van der Waals surface area contributed by atoms with Crippen LogP contribution >= 0.6 is 11.3 Å². The van der Waals surface area contributed by atoms with Crippen LogP contribution in [-0.2, 0) is 11.3 Å². The highest BCUT2D eigenvalue weighted by Crippen LogP contribution is 2.27. The quantitative estimate of drug-likeness (QED) is 0.639. The molecule has 0 amide bonds. The van der Waals surface area contributed by atoms with Gasteiger partial charge in [0.25, 0.3) is 5.56 Å². The number of carbonyl (C=O) groups excluding carboxylic acids is 1. The molecular weight excluding hydrogens is 402 g/mol. The lowest BCUT2D eigenvalue weighted by molar-refractivity contribution is 0.0603. The monoisotopic (exact) mass is 423 g/mol. The van der Waals surface area contributed by atoms with Crippen molar-refractivity contribution >= 4 is 33.5 Å².